The van der Waals surface area contributed by atoms with Crippen LogP contribution in [0.2, 0.25) is 0 Å². The molecule has 0 amide bonds. The van der Waals surface area contributed by atoms with E-state index in [9.17, 15) is 4.79 Å². The van der Waals surface area contributed by atoms with E-state index < -0.39 is 0 Å². The van der Waals surface area contributed by atoms with Crippen molar-refractivity contribution < 1.29 is 9.53 Å². The molecule has 0 bridgehead atoms. The van der Waals surface area contributed by atoms with Gasteiger partial charge in [0, 0.05) is 18.8 Å². The van der Waals surface area contributed by atoms with Crippen molar-refractivity contribution in [2.24, 2.45) is 0 Å². The number of hydrogen-bond acceptors (Lipinski definition) is 3. The molecule has 0 aliphatic heterocycles. The molecule has 1 aromatic carbocycles. The molecule has 0 saturated heterocycles. The van der Waals surface area contributed by atoms with Crippen molar-refractivity contribution in [2.45, 2.75) is 6.92 Å². The molecule has 0 aromatic heterocycles. The molecule has 1 rings (SSSR count). The first-order valence-corrected chi connectivity index (χ1v) is 4.89. The van der Waals surface area contributed by atoms with E-state index in [1.807, 2.05) is 30.3 Å². The summed E-state index contributed by atoms with van der Waals surface area (Å²) < 4.78 is 4.84. The van der Waals surface area contributed by atoms with Gasteiger partial charge in [0.2, 0.25) is 0 Å². The summed E-state index contributed by atoms with van der Waals surface area (Å²) in [5.41, 5.74) is 1.72. The average Bonchev–Trinajstić information content (AvgIpc) is 2.27. The van der Waals surface area contributed by atoms with Crippen molar-refractivity contribution in [3.8, 4) is 0 Å². The minimum atomic E-state index is -0.328. The maximum Gasteiger partial charge on any atom is 0.332 e. The molecule has 1 N–H and O–H groups in total. The normalized spacial score (nSPS) is 10.9. The first kappa shape index (κ1) is 11.3. The molecule has 0 atom stereocenters. The third-order valence-electron chi connectivity index (χ3n) is 1.90. The largest absolute Gasteiger partial charge is 0.463 e. The molecule has 0 aliphatic rings. The first-order chi connectivity index (χ1) is 7.27. The van der Waals surface area contributed by atoms with Gasteiger partial charge in [0.25, 0.3) is 0 Å². The number of hydrogen-bond donors (Lipinski definition) is 1. The van der Waals surface area contributed by atoms with Gasteiger partial charge in [-0.3, -0.25) is 0 Å². The Balaban J connectivity index is 2.84. The fraction of sp³-hybridized carbons (Fsp3) is 0.250. The van der Waals surface area contributed by atoms with E-state index in [0.29, 0.717) is 6.61 Å². The Morgan fingerprint density at radius 3 is 2.60 bits per heavy atom. The summed E-state index contributed by atoms with van der Waals surface area (Å²) in [6, 6.07) is 9.64. The highest BCUT2D eigenvalue weighted by molar-refractivity contribution is 5.90. The van der Waals surface area contributed by atoms with Crippen LogP contribution in [0.5, 0.6) is 0 Å². The van der Waals surface area contributed by atoms with Gasteiger partial charge in [0.05, 0.1) is 6.61 Å². The molecule has 0 fully saturated rings. The Hall–Kier alpha value is -1.77. The lowest BCUT2D eigenvalue weighted by Gasteiger charge is -2.06. The third kappa shape index (κ3) is 3.46. The molecule has 3 heteroatoms. The fourth-order valence-electron chi connectivity index (χ4n) is 1.22. The maximum absolute atomic E-state index is 11.2. The van der Waals surface area contributed by atoms with Crippen LogP contribution < -0.4 is 5.32 Å². The van der Waals surface area contributed by atoms with Gasteiger partial charge >= 0.3 is 5.97 Å². The quantitative estimate of drug-likeness (QED) is 0.601. The van der Waals surface area contributed by atoms with E-state index in [1.54, 1.807) is 14.0 Å². The Morgan fingerprint density at radius 1 is 1.40 bits per heavy atom. The number of benzene rings is 1. The molecule has 0 spiro atoms. The van der Waals surface area contributed by atoms with Crippen molar-refractivity contribution in [3.05, 3.63) is 42.0 Å². The lowest BCUT2D eigenvalue weighted by Crippen LogP contribution is -2.09. The van der Waals surface area contributed by atoms with Crippen molar-refractivity contribution in [1.29, 1.82) is 0 Å². The van der Waals surface area contributed by atoms with E-state index in [-0.39, 0.29) is 5.97 Å². The van der Waals surface area contributed by atoms with E-state index in [1.165, 1.54) is 6.08 Å². The smallest absolute Gasteiger partial charge is 0.332 e. The SMILES string of the molecule is CCOC(=O)/C=C(/NC)c1ccccc1. The van der Waals surface area contributed by atoms with Gasteiger partial charge in [0.15, 0.2) is 0 Å². The molecule has 0 saturated carbocycles. The number of nitrogens with one attached hydrogen (secondary N) is 1. The molecule has 0 heterocycles. The van der Waals surface area contributed by atoms with Crippen LogP contribution >= 0.6 is 0 Å². The van der Waals surface area contributed by atoms with Crippen LogP contribution in [0.15, 0.2) is 36.4 Å². The van der Waals surface area contributed by atoms with Gasteiger partial charge in [-0.15, -0.1) is 0 Å². The minimum absolute atomic E-state index is 0.328. The predicted octanol–water partition coefficient (Wildman–Crippen LogP) is 1.81. The zero-order valence-corrected chi connectivity index (χ0v) is 8.99. The summed E-state index contributed by atoms with van der Waals surface area (Å²) in [7, 11) is 1.78. The Morgan fingerprint density at radius 2 is 2.07 bits per heavy atom. The van der Waals surface area contributed by atoms with Crippen molar-refractivity contribution in [1.82, 2.24) is 5.32 Å². The highest BCUT2D eigenvalue weighted by Gasteiger charge is 2.02. The van der Waals surface area contributed by atoms with Crippen LogP contribution in [0.4, 0.5) is 0 Å². The number of carbonyl (C=O) groups excluding carboxylic acids is 1. The van der Waals surface area contributed by atoms with Crippen LogP contribution in [-0.2, 0) is 9.53 Å². The summed E-state index contributed by atoms with van der Waals surface area (Å²) >= 11 is 0. The van der Waals surface area contributed by atoms with E-state index in [2.05, 4.69) is 5.32 Å². The van der Waals surface area contributed by atoms with Gasteiger partial charge in [0.1, 0.15) is 0 Å². The van der Waals surface area contributed by atoms with Gasteiger partial charge in [-0.25, -0.2) is 4.79 Å². The number of esters is 1. The van der Waals surface area contributed by atoms with Crippen LogP contribution in [0.25, 0.3) is 5.70 Å². The Labute approximate surface area is 89.8 Å². The topological polar surface area (TPSA) is 38.3 Å². The second-order valence-corrected chi connectivity index (χ2v) is 2.93. The Kier molecular flexibility index (Phi) is 4.41. The van der Waals surface area contributed by atoms with Crippen LogP contribution in [0, 0.1) is 0 Å². The number of carbonyl (C=O) groups is 1. The number of rotatable bonds is 4. The lowest BCUT2D eigenvalue weighted by molar-refractivity contribution is -0.137. The van der Waals surface area contributed by atoms with Crippen LogP contribution in [0.1, 0.15) is 12.5 Å². The average molecular weight is 205 g/mol. The van der Waals surface area contributed by atoms with Crippen molar-refractivity contribution >= 4 is 11.7 Å². The molecule has 0 aliphatic carbocycles. The zero-order chi connectivity index (χ0) is 11.1. The van der Waals surface area contributed by atoms with Crippen molar-refractivity contribution in [3.63, 3.8) is 0 Å². The summed E-state index contributed by atoms with van der Waals surface area (Å²) in [5, 5.41) is 2.97. The van der Waals surface area contributed by atoms with Crippen LogP contribution in [-0.4, -0.2) is 19.6 Å². The van der Waals surface area contributed by atoms with Crippen LogP contribution in [0.3, 0.4) is 0 Å². The summed E-state index contributed by atoms with van der Waals surface area (Å²) in [6.45, 7) is 2.18. The van der Waals surface area contributed by atoms with Gasteiger partial charge in [-0.05, 0) is 12.5 Å². The van der Waals surface area contributed by atoms with Gasteiger partial charge in [-0.1, -0.05) is 30.3 Å². The number of ether oxygens (including phenoxy) is 1. The third-order valence-corrected chi connectivity index (χ3v) is 1.90. The van der Waals surface area contributed by atoms with Gasteiger partial charge in [-0.2, -0.15) is 0 Å². The molecule has 3 nitrogen and oxygen atoms in total. The molecular formula is C12H15NO2. The summed E-state index contributed by atoms with van der Waals surface area (Å²) in [4.78, 5) is 11.2. The second-order valence-electron chi connectivity index (χ2n) is 2.93. The van der Waals surface area contributed by atoms with E-state index >= 15 is 0 Å². The predicted molar refractivity (Wildman–Crippen MR) is 60.1 cm³/mol. The molecular weight excluding hydrogens is 190 g/mol. The zero-order valence-electron chi connectivity index (χ0n) is 8.99. The molecule has 15 heavy (non-hydrogen) atoms. The lowest BCUT2D eigenvalue weighted by atomic mass is 10.1. The molecule has 1 aromatic rings. The first-order valence-electron chi connectivity index (χ1n) is 4.89. The molecule has 0 unspecified atom stereocenters. The van der Waals surface area contributed by atoms with E-state index in [0.717, 1.165) is 11.3 Å². The van der Waals surface area contributed by atoms with Crippen molar-refractivity contribution in [2.75, 3.05) is 13.7 Å². The fourth-order valence-corrected chi connectivity index (χ4v) is 1.22. The minimum Gasteiger partial charge on any atom is -0.463 e. The highest BCUT2D eigenvalue weighted by atomic mass is 16.5. The van der Waals surface area contributed by atoms with E-state index in [4.69, 9.17) is 4.74 Å². The van der Waals surface area contributed by atoms with Gasteiger partial charge < -0.3 is 10.1 Å². The summed E-state index contributed by atoms with van der Waals surface area (Å²) in [5.74, 6) is -0.328. The monoisotopic (exact) mass is 205 g/mol. The molecule has 0 radical (unpaired) electrons. The second kappa shape index (κ2) is 5.86. The maximum atomic E-state index is 11.2. The standard InChI is InChI=1S/C12H15NO2/c1-3-15-12(14)9-11(13-2)10-7-5-4-6-8-10/h4-9,13H,3H2,1-2H3/b11-9+. The summed E-state index contributed by atoms with van der Waals surface area (Å²) in [6.07, 6.45) is 1.46. The highest BCUT2D eigenvalue weighted by Crippen LogP contribution is 2.09. The molecule has 80 valence electrons. The Bertz CT molecular complexity index is 344.